The van der Waals surface area contributed by atoms with Gasteiger partial charge in [0.25, 0.3) is 10.0 Å². The number of nitrogens with two attached hydrogens (primary N) is 1. The Bertz CT molecular complexity index is 607. The highest BCUT2D eigenvalue weighted by Gasteiger charge is 2.23. The first kappa shape index (κ1) is 11.5. The molecule has 90 valence electrons. The number of anilines is 2. The number of nitrogens with zero attached hydrogens (tertiary/aromatic N) is 2. The van der Waals surface area contributed by atoms with E-state index in [2.05, 4.69) is 10.2 Å². The van der Waals surface area contributed by atoms with Gasteiger partial charge in [-0.05, 0) is 18.2 Å². The second-order valence-electron chi connectivity index (χ2n) is 3.45. The standard InChI is InChI=1S/C10H12N4O2S/c1-14(9-5-3-2-4-8(9)11)17(15,16)10-6-7-12-13-10/h2-7H,11H2,1H3,(H,12,13). The second kappa shape index (κ2) is 4.10. The van der Waals surface area contributed by atoms with E-state index in [0.29, 0.717) is 11.4 Å². The lowest BCUT2D eigenvalue weighted by molar-refractivity contribution is 0.590. The Kier molecular flexibility index (Phi) is 2.76. The summed E-state index contributed by atoms with van der Waals surface area (Å²) in [4.78, 5) is 0. The van der Waals surface area contributed by atoms with Crippen molar-refractivity contribution in [3.05, 3.63) is 36.5 Å². The third-order valence-corrected chi connectivity index (χ3v) is 4.09. The molecule has 1 aromatic heterocycles. The Balaban J connectivity index is 2.46. The summed E-state index contributed by atoms with van der Waals surface area (Å²) in [6, 6.07) is 8.16. The molecule has 3 N–H and O–H groups in total. The van der Waals surface area contributed by atoms with Crippen molar-refractivity contribution in [2.45, 2.75) is 5.03 Å². The van der Waals surface area contributed by atoms with E-state index < -0.39 is 10.0 Å². The normalized spacial score (nSPS) is 11.4. The lowest BCUT2D eigenvalue weighted by Crippen LogP contribution is -2.27. The van der Waals surface area contributed by atoms with Crippen LogP contribution in [0.4, 0.5) is 11.4 Å². The van der Waals surface area contributed by atoms with Crippen molar-refractivity contribution in [1.82, 2.24) is 10.2 Å². The second-order valence-corrected chi connectivity index (χ2v) is 5.39. The predicted molar refractivity (Wildman–Crippen MR) is 65.0 cm³/mol. The number of benzene rings is 1. The molecule has 6 nitrogen and oxygen atoms in total. The van der Waals surface area contributed by atoms with Crippen molar-refractivity contribution in [3.8, 4) is 0 Å². The maximum absolute atomic E-state index is 12.1. The van der Waals surface area contributed by atoms with Crippen LogP contribution in [0.3, 0.4) is 0 Å². The summed E-state index contributed by atoms with van der Waals surface area (Å²) >= 11 is 0. The van der Waals surface area contributed by atoms with E-state index in [1.807, 2.05) is 0 Å². The van der Waals surface area contributed by atoms with Crippen molar-refractivity contribution in [1.29, 1.82) is 0 Å². The third-order valence-electron chi connectivity index (χ3n) is 2.39. The maximum Gasteiger partial charge on any atom is 0.281 e. The van der Waals surface area contributed by atoms with Gasteiger partial charge in [0.2, 0.25) is 0 Å². The van der Waals surface area contributed by atoms with E-state index in [4.69, 9.17) is 5.73 Å². The van der Waals surface area contributed by atoms with E-state index in [-0.39, 0.29) is 5.03 Å². The van der Waals surface area contributed by atoms with Gasteiger partial charge in [0, 0.05) is 7.05 Å². The molecule has 0 saturated carbocycles. The van der Waals surface area contributed by atoms with Crippen molar-refractivity contribution in [2.75, 3.05) is 17.1 Å². The van der Waals surface area contributed by atoms with Crippen molar-refractivity contribution in [2.24, 2.45) is 0 Å². The number of para-hydroxylation sites is 2. The van der Waals surface area contributed by atoms with E-state index in [1.54, 1.807) is 24.3 Å². The third kappa shape index (κ3) is 1.96. The molecule has 1 aromatic carbocycles. The molecule has 1 heterocycles. The van der Waals surface area contributed by atoms with Gasteiger partial charge in [-0.1, -0.05) is 12.1 Å². The first-order valence-electron chi connectivity index (χ1n) is 4.86. The van der Waals surface area contributed by atoms with Gasteiger partial charge in [0.05, 0.1) is 17.6 Å². The zero-order chi connectivity index (χ0) is 12.5. The molecule has 0 saturated heterocycles. The molecule has 0 atom stereocenters. The van der Waals surface area contributed by atoms with Crippen molar-refractivity contribution in [3.63, 3.8) is 0 Å². The minimum absolute atomic E-state index is 0.0308. The van der Waals surface area contributed by atoms with Crippen LogP contribution in [0.25, 0.3) is 0 Å². The molecule has 0 aliphatic rings. The predicted octanol–water partition coefficient (Wildman–Crippen LogP) is 0.817. The number of nitrogen functional groups attached to an aromatic ring is 1. The van der Waals surface area contributed by atoms with Crippen LogP contribution in [-0.4, -0.2) is 25.7 Å². The number of sulfonamides is 1. The molecule has 17 heavy (non-hydrogen) atoms. The lowest BCUT2D eigenvalue weighted by atomic mass is 10.3. The fraction of sp³-hybridized carbons (Fsp3) is 0.100. The first-order chi connectivity index (χ1) is 8.03. The van der Waals surface area contributed by atoms with Gasteiger partial charge < -0.3 is 5.73 Å². The number of aromatic nitrogens is 2. The number of aromatic amines is 1. The molecule has 0 fully saturated rings. The smallest absolute Gasteiger partial charge is 0.281 e. The number of hydrogen-bond donors (Lipinski definition) is 2. The lowest BCUT2D eigenvalue weighted by Gasteiger charge is -2.19. The molecule has 0 radical (unpaired) electrons. The van der Waals surface area contributed by atoms with Crippen LogP contribution in [0.1, 0.15) is 0 Å². The summed E-state index contributed by atoms with van der Waals surface area (Å²) in [5.41, 5.74) is 6.57. The topological polar surface area (TPSA) is 92.1 Å². The molecule has 0 bridgehead atoms. The molecular weight excluding hydrogens is 240 g/mol. The fourth-order valence-corrected chi connectivity index (χ4v) is 2.56. The summed E-state index contributed by atoms with van der Waals surface area (Å²) in [5.74, 6) is 0. The van der Waals surface area contributed by atoms with Crippen molar-refractivity contribution >= 4 is 21.4 Å². The highest BCUT2D eigenvalue weighted by Crippen LogP contribution is 2.25. The summed E-state index contributed by atoms with van der Waals surface area (Å²) in [7, 11) is -2.19. The Labute approximate surface area is 99.1 Å². The molecule has 2 rings (SSSR count). The van der Waals surface area contributed by atoms with E-state index in [1.165, 1.54) is 19.3 Å². The van der Waals surface area contributed by atoms with E-state index in [0.717, 1.165) is 4.31 Å². The monoisotopic (exact) mass is 252 g/mol. The van der Waals surface area contributed by atoms with Gasteiger partial charge in [0.1, 0.15) is 0 Å². The van der Waals surface area contributed by atoms with Gasteiger partial charge >= 0.3 is 0 Å². The quantitative estimate of drug-likeness (QED) is 0.791. The number of nitrogens with one attached hydrogen (secondary N) is 1. The van der Waals surface area contributed by atoms with Crippen LogP contribution in [0.5, 0.6) is 0 Å². The summed E-state index contributed by atoms with van der Waals surface area (Å²) in [6.45, 7) is 0. The zero-order valence-corrected chi connectivity index (χ0v) is 9.98. The molecule has 0 aliphatic heterocycles. The number of rotatable bonds is 3. The fourth-order valence-electron chi connectivity index (χ4n) is 1.44. The first-order valence-corrected chi connectivity index (χ1v) is 6.30. The van der Waals surface area contributed by atoms with E-state index >= 15 is 0 Å². The summed E-state index contributed by atoms with van der Waals surface area (Å²) in [5, 5.41) is 6.08. The van der Waals surface area contributed by atoms with Crippen LogP contribution < -0.4 is 10.0 Å². The van der Waals surface area contributed by atoms with E-state index in [9.17, 15) is 8.42 Å². The largest absolute Gasteiger partial charge is 0.397 e. The van der Waals surface area contributed by atoms with Crippen LogP contribution in [-0.2, 0) is 10.0 Å². The summed E-state index contributed by atoms with van der Waals surface area (Å²) in [6.07, 6.45) is 1.38. The molecule has 0 spiro atoms. The molecular formula is C10H12N4O2S. The highest BCUT2D eigenvalue weighted by atomic mass is 32.2. The maximum atomic E-state index is 12.1. The van der Waals surface area contributed by atoms with Crippen LogP contribution in [0.15, 0.2) is 41.6 Å². The Morgan fingerprint density at radius 2 is 2.00 bits per heavy atom. The minimum atomic E-state index is -3.64. The number of H-pyrrole nitrogens is 1. The van der Waals surface area contributed by atoms with Crippen LogP contribution >= 0.6 is 0 Å². The SMILES string of the molecule is CN(c1ccccc1N)S(=O)(=O)c1ccn[nH]1. The Morgan fingerprint density at radius 1 is 1.29 bits per heavy atom. The number of hydrogen-bond acceptors (Lipinski definition) is 4. The average Bonchev–Trinajstić information content (AvgIpc) is 2.83. The Morgan fingerprint density at radius 3 is 2.59 bits per heavy atom. The van der Waals surface area contributed by atoms with Crippen LogP contribution in [0, 0.1) is 0 Å². The molecule has 0 unspecified atom stereocenters. The van der Waals surface area contributed by atoms with Crippen LogP contribution in [0.2, 0.25) is 0 Å². The van der Waals surface area contributed by atoms with Gasteiger partial charge in [-0.3, -0.25) is 9.40 Å². The van der Waals surface area contributed by atoms with Gasteiger partial charge in [0.15, 0.2) is 5.03 Å². The highest BCUT2D eigenvalue weighted by molar-refractivity contribution is 7.92. The van der Waals surface area contributed by atoms with Gasteiger partial charge in [-0.15, -0.1) is 0 Å². The van der Waals surface area contributed by atoms with Crippen molar-refractivity contribution < 1.29 is 8.42 Å². The molecule has 2 aromatic rings. The minimum Gasteiger partial charge on any atom is -0.397 e. The summed E-state index contributed by atoms with van der Waals surface area (Å²) < 4.78 is 25.4. The van der Waals surface area contributed by atoms with Gasteiger partial charge in [-0.25, -0.2) is 0 Å². The molecule has 7 heteroatoms. The van der Waals surface area contributed by atoms with Gasteiger partial charge in [-0.2, -0.15) is 13.5 Å². The molecule has 0 amide bonds. The average molecular weight is 252 g/mol. The Hall–Kier alpha value is -2.02. The molecule has 0 aliphatic carbocycles. The zero-order valence-electron chi connectivity index (χ0n) is 9.16.